The molecule has 1 aliphatic heterocycles. The van der Waals surface area contributed by atoms with Crippen LogP contribution in [-0.4, -0.2) is 53.6 Å². The molecule has 1 N–H and O–H groups in total. The highest BCUT2D eigenvalue weighted by molar-refractivity contribution is 5.92. The third-order valence-corrected chi connectivity index (χ3v) is 2.61. The molecule has 7 heteroatoms. The van der Waals surface area contributed by atoms with Gasteiger partial charge in [-0.2, -0.15) is 5.26 Å². The Morgan fingerprint density at radius 3 is 3.22 bits per heavy atom. The van der Waals surface area contributed by atoms with E-state index in [1.807, 2.05) is 6.07 Å². The largest absolute Gasteiger partial charge is 0.372 e. The van der Waals surface area contributed by atoms with E-state index in [-0.39, 0.29) is 18.1 Å². The summed E-state index contributed by atoms with van der Waals surface area (Å²) in [5.41, 5.74) is 0.264. The lowest BCUT2D eigenvalue weighted by molar-refractivity contribution is 0.00318. The molecule has 18 heavy (non-hydrogen) atoms. The van der Waals surface area contributed by atoms with Crippen molar-refractivity contribution in [2.24, 2.45) is 0 Å². The molecule has 0 bridgehead atoms. The van der Waals surface area contributed by atoms with E-state index in [1.165, 1.54) is 12.4 Å². The van der Waals surface area contributed by atoms with Gasteiger partial charge in [0.05, 0.1) is 31.6 Å². The van der Waals surface area contributed by atoms with Crippen molar-refractivity contribution in [3.05, 3.63) is 18.1 Å². The number of carbonyl (C=O) groups is 1. The molecular weight excluding hydrogens is 234 g/mol. The van der Waals surface area contributed by atoms with E-state index in [4.69, 9.17) is 10.00 Å². The van der Waals surface area contributed by atoms with E-state index in [9.17, 15) is 4.79 Å². The van der Waals surface area contributed by atoms with Crippen molar-refractivity contribution >= 4 is 11.7 Å². The van der Waals surface area contributed by atoms with Crippen LogP contribution in [-0.2, 0) is 4.74 Å². The van der Waals surface area contributed by atoms with Gasteiger partial charge in [-0.3, -0.25) is 9.78 Å². The van der Waals surface area contributed by atoms with Crippen molar-refractivity contribution < 1.29 is 9.53 Å². The molecule has 2 rings (SSSR count). The number of nitrogens with zero attached hydrogens (tertiary/aromatic N) is 4. The molecule has 1 aliphatic rings. The lowest BCUT2D eigenvalue weighted by atomic mass is 10.2. The molecule has 1 saturated heterocycles. The van der Waals surface area contributed by atoms with E-state index in [0.717, 1.165) is 0 Å². The normalized spacial score (nSPS) is 19.1. The van der Waals surface area contributed by atoms with Crippen LogP contribution in [0.15, 0.2) is 12.4 Å². The third-order valence-electron chi connectivity index (χ3n) is 2.61. The molecule has 1 atom stereocenters. The Balaban J connectivity index is 2.13. The summed E-state index contributed by atoms with van der Waals surface area (Å²) in [5.74, 6) is 0.300. The number of carbonyl (C=O) groups excluding carboxylic acids is 1. The number of hydrogen-bond donors (Lipinski definition) is 1. The average Bonchev–Trinajstić information content (AvgIpc) is 2.46. The lowest BCUT2D eigenvalue weighted by Crippen LogP contribution is -2.45. The Kier molecular flexibility index (Phi) is 3.69. The van der Waals surface area contributed by atoms with Gasteiger partial charge in [0.25, 0.3) is 5.91 Å². The minimum Gasteiger partial charge on any atom is -0.372 e. The molecule has 1 amide bonds. The molecule has 7 nitrogen and oxygen atoms in total. The van der Waals surface area contributed by atoms with E-state index >= 15 is 0 Å². The van der Waals surface area contributed by atoms with E-state index in [1.54, 1.807) is 11.9 Å². The number of hydrogen-bond acceptors (Lipinski definition) is 6. The summed E-state index contributed by atoms with van der Waals surface area (Å²) >= 11 is 0. The summed E-state index contributed by atoms with van der Waals surface area (Å²) in [6.07, 6.45) is 2.39. The van der Waals surface area contributed by atoms with Gasteiger partial charge < -0.3 is 15.0 Å². The van der Waals surface area contributed by atoms with Crippen LogP contribution in [0.5, 0.6) is 0 Å². The number of rotatable bonds is 2. The zero-order valence-electron chi connectivity index (χ0n) is 9.96. The number of anilines is 1. The van der Waals surface area contributed by atoms with Crippen LogP contribution < -0.4 is 5.32 Å². The monoisotopic (exact) mass is 247 g/mol. The molecule has 0 aromatic carbocycles. The molecule has 0 radical (unpaired) electrons. The topological polar surface area (TPSA) is 91.1 Å². The van der Waals surface area contributed by atoms with Crippen LogP contribution in [0.4, 0.5) is 5.82 Å². The van der Waals surface area contributed by atoms with Gasteiger partial charge in [-0.05, 0) is 0 Å². The predicted octanol–water partition coefficient (Wildman–Crippen LogP) is -0.117. The summed E-state index contributed by atoms with van der Waals surface area (Å²) in [6, 6.07) is 2.00. The highest BCUT2D eigenvalue weighted by Crippen LogP contribution is 2.09. The highest BCUT2D eigenvalue weighted by atomic mass is 16.5. The Labute approximate surface area is 104 Å². The molecule has 0 aliphatic carbocycles. The van der Waals surface area contributed by atoms with Crippen LogP contribution in [0.1, 0.15) is 10.5 Å². The maximum Gasteiger partial charge on any atom is 0.274 e. The second-order valence-corrected chi connectivity index (χ2v) is 3.78. The van der Waals surface area contributed by atoms with E-state index in [2.05, 4.69) is 15.3 Å². The van der Waals surface area contributed by atoms with Crippen molar-refractivity contribution in [2.75, 3.05) is 32.1 Å². The SMILES string of the molecule is CNc1cncc(C(=O)N2CCOC(C#N)C2)n1. The predicted molar refractivity (Wildman–Crippen MR) is 62.8 cm³/mol. The fraction of sp³-hybridized carbons (Fsp3) is 0.455. The zero-order valence-corrected chi connectivity index (χ0v) is 9.96. The van der Waals surface area contributed by atoms with Gasteiger partial charge in [0.1, 0.15) is 11.5 Å². The van der Waals surface area contributed by atoms with Gasteiger partial charge in [-0.1, -0.05) is 0 Å². The summed E-state index contributed by atoms with van der Waals surface area (Å²) < 4.78 is 5.18. The van der Waals surface area contributed by atoms with Crippen LogP contribution >= 0.6 is 0 Å². The van der Waals surface area contributed by atoms with Crippen molar-refractivity contribution in [1.82, 2.24) is 14.9 Å². The molecule has 1 unspecified atom stereocenters. The van der Waals surface area contributed by atoms with Crippen molar-refractivity contribution in [2.45, 2.75) is 6.10 Å². The first kappa shape index (κ1) is 12.3. The van der Waals surface area contributed by atoms with Gasteiger partial charge in [0.2, 0.25) is 0 Å². The Morgan fingerprint density at radius 2 is 2.50 bits per heavy atom. The number of aromatic nitrogens is 2. The zero-order chi connectivity index (χ0) is 13.0. The summed E-state index contributed by atoms with van der Waals surface area (Å²) in [7, 11) is 1.71. The van der Waals surface area contributed by atoms with Crippen molar-refractivity contribution in [3.8, 4) is 6.07 Å². The van der Waals surface area contributed by atoms with Crippen molar-refractivity contribution in [3.63, 3.8) is 0 Å². The molecular formula is C11H13N5O2. The minimum absolute atomic E-state index is 0.233. The van der Waals surface area contributed by atoms with E-state index in [0.29, 0.717) is 19.0 Å². The number of ether oxygens (including phenoxy) is 1. The maximum atomic E-state index is 12.2. The quantitative estimate of drug-likeness (QED) is 0.783. The molecule has 2 heterocycles. The van der Waals surface area contributed by atoms with Crippen LogP contribution in [0.25, 0.3) is 0 Å². The second-order valence-electron chi connectivity index (χ2n) is 3.78. The standard InChI is InChI=1S/C11H13N5O2/c1-13-10-6-14-5-9(15-10)11(17)16-2-3-18-8(4-12)7-16/h5-6,8H,2-3,7H2,1H3,(H,13,15). The van der Waals surface area contributed by atoms with Gasteiger partial charge in [-0.15, -0.1) is 0 Å². The number of morpholine rings is 1. The third kappa shape index (κ3) is 2.55. The smallest absolute Gasteiger partial charge is 0.274 e. The number of nitriles is 1. The summed E-state index contributed by atoms with van der Waals surface area (Å²) in [6.45, 7) is 1.09. The Morgan fingerprint density at radius 1 is 1.67 bits per heavy atom. The Bertz CT molecular complexity index is 485. The molecule has 1 aromatic rings. The van der Waals surface area contributed by atoms with Crippen LogP contribution in [0.2, 0.25) is 0 Å². The van der Waals surface area contributed by atoms with E-state index < -0.39 is 6.10 Å². The number of nitrogens with one attached hydrogen (secondary N) is 1. The van der Waals surface area contributed by atoms with Gasteiger partial charge in [0, 0.05) is 13.6 Å². The first-order valence-corrected chi connectivity index (χ1v) is 5.55. The van der Waals surface area contributed by atoms with Gasteiger partial charge in [-0.25, -0.2) is 4.98 Å². The fourth-order valence-electron chi connectivity index (χ4n) is 1.66. The van der Waals surface area contributed by atoms with Crippen LogP contribution in [0, 0.1) is 11.3 Å². The lowest BCUT2D eigenvalue weighted by Gasteiger charge is -2.29. The Hall–Kier alpha value is -2.20. The molecule has 1 fully saturated rings. The first-order valence-electron chi connectivity index (χ1n) is 5.55. The van der Waals surface area contributed by atoms with Crippen LogP contribution in [0.3, 0.4) is 0 Å². The molecule has 0 saturated carbocycles. The first-order chi connectivity index (χ1) is 8.74. The summed E-state index contributed by atoms with van der Waals surface area (Å²) in [4.78, 5) is 21.8. The minimum atomic E-state index is -0.567. The average molecular weight is 247 g/mol. The van der Waals surface area contributed by atoms with Crippen molar-refractivity contribution in [1.29, 1.82) is 5.26 Å². The molecule has 0 spiro atoms. The van der Waals surface area contributed by atoms with Gasteiger partial charge in [0.15, 0.2) is 6.10 Å². The second kappa shape index (κ2) is 5.42. The molecule has 94 valence electrons. The number of amides is 1. The van der Waals surface area contributed by atoms with Gasteiger partial charge >= 0.3 is 0 Å². The highest BCUT2D eigenvalue weighted by Gasteiger charge is 2.25. The molecule has 1 aromatic heterocycles. The summed E-state index contributed by atoms with van der Waals surface area (Å²) in [5, 5.41) is 11.6. The maximum absolute atomic E-state index is 12.2. The fourth-order valence-corrected chi connectivity index (χ4v) is 1.66.